The summed E-state index contributed by atoms with van der Waals surface area (Å²) in [5, 5.41) is 0.976. The summed E-state index contributed by atoms with van der Waals surface area (Å²) in [6.45, 7) is 0. The van der Waals surface area contributed by atoms with Crippen molar-refractivity contribution in [3.63, 3.8) is 0 Å². The molecule has 0 aliphatic carbocycles. The second-order valence-corrected chi connectivity index (χ2v) is 6.06. The first-order chi connectivity index (χ1) is 11.6. The maximum absolute atomic E-state index is 13.6. The molecule has 0 aliphatic rings. The summed E-state index contributed by atoms with van der Waals surface area (Å²) in [6, 6.07) is 3.68. The highest BCUT2D eigenvalue weighted by atomic mass is 35.5. The van der Waals surface area contributed by atoms with Crippen molar-refractivity contribution in [3.8, 4) is 11.3 Å². The summed E-state index contributed by atoms with van der Waals surface area (Å²) in [4.78, 5) is 17.0. The number of aromatic nitrogens is 4. The van der Waals surface area contributed by atoms with Crippen molar-refractivity contribution in [2.75, 3.05) is 6.26 Å². The Morgan fingerprint density at radius 2 is 1.79 bits per heavy atom. The van der Waals surface area contributed by atoms with E-state index in [0.29, 0.717) is 39.2 Å². The van der Waals surface area contributed by atoms with E-state index in [1.54, 1.807) is 6.20 Å². The Hall–Kier alpha value is -2.12. The Balaban J connectivity index is 2.05. The van der Waals surface area contributed by atoms with Crippen LogP contribution in [0.25, 0.3) is 11.3 Å². The molecule has 0 atom stereocenters. The number of rotatable bonds is 4. The van der Waals surface area contributed by atoms with E-state index in [9.17, 15) is 8.78 Å². The Morgan fingerprint density at radius 3 is 2.46 bits per heavy atom. The Kier molecular flexibility index (Phi) is 5.01. The molecule has 0 radical (unpaired) electrons. The fourth-order valence-corrected chi connectivity index (χ4v) is 2.55. The topological polar surface area (TPSA) is 51.6 Å². The molecular formula is C16H11ClF2N4S. The second kappa shape index (κ2) is 7.19. The Bertz CT molecular complexity index is 874. The first-order valence-corrected chi connectivity index (χ1v) is 8.49. The van der Waals surface area contributed by atoms with E-state index >= 15 is 0 Å². The Morgan fingerprint density at radius 1 is 1.04 bits per heavy atom. The van der Waals surface area contributed by atoms with E-state index in [2.05, 4.69) is 19.9 Å². The molecule has 3 aromatic rings. The number of nitrogens with zero attached hydrogens (tertiary/aromatic N) is 4. The molecule has 0 saturated carbocycles. The van der Waals surface area contributed by atoms with Gasteiger partial charge in [0, 0.05) is 36.1 Å². The van der Waals surface area contributed by atoms with Gasteiger partial charge in [-0.25, -0.2) is 28.7 Å². The van der Waals surface area contributed by atoms with Crippen molar-refractivity contribution in [1.82, 2.24) is 19.9 Å². The molecule has 0 bridgehead atoms. The molecule has 2 heterocycles. The number of thioether (sulfide) groups is 1. The van der Waals surface area contributed by atoms with Crippen molar-refractivity contribution < 1.29 is 8.78 Å². The summed E-state index contributed by atoms with van der Waals surface area (Å²) in [6.07, 6.45) is 6.83. The van der Waals surface area contributed by atoms with Gasteiger partial charge in [0.1, 0.15) is 5.82 Å². The third kappa shape index (κ3) is 3.68. The van der Waals surface area contributed by atoms with Gasteiger partial charge >= 0.3 is 0 Å². The van der Waals surface area contributed by atoms with Gasteiger partial charge in [-0.15, -0.1) is 0 Å². The lowest BCUT2D eigenvalue weighted by atomic mass is 10.0. The van der Waals surface area contributed by atoms with E-state index in [1.165, 1.54) is 30.2 Å². The van der Waals surface area contributed by atoms with Gasteiger partial charge in [0.15, 0.2) is 16.8 Å². The maximum atomic E-state index is 13.6. The average Bonchev–Trinajstić information content (AvgIpc) is 2.60. The summed E-state index contributed by atoms with van der Waals surface area (Å²) in [5.74, 6) is -1.30. The van der Waals surface area contributed by atoms with Crippen LogP contribution >= 0.6 is 23.4 Å². The molecule has 3 rings (SSSR count). The van der Waals surface area contributed by atoms with Gasteiger partial charge in [-0.3, -0.25) is 0 Å². The third-order valence-corrected chi connectivity index (χ3v) is 4.00. The van der Waals surface area contributed by atoms with E-state index in [1.807, 2.05) is 6.26 Å². The smallest absolute Gasteiger partial charge is 0.187 e. The van der Waals surface area contributed by atoms with Crippen LogP contribution in [0, 0.1) is 11.6 Å². The molecule has 1 aromatic carbocycles. The fraction of sp³-hybridized carbons (Fsp3) is 0.125. The summed E-state index contributed by atoms with van der Waals surface area (Å²) < 4.78 is 26.8. The van der Waals surface area contributed by atoms with Gasteiger partial charge in [0.05, 0.1) is 10.7 Å². The van der Waals surface area contributed by atoms with Crippen LogP contribution in [0.3, 0.4) is 0 Å². The highest BCUT2D eigenvalue weighted by Crippen LogP contribution is 2.26. The molecule has 4 nitrogen and oxygen atoms in total. The molecule has 122 valence electrons. The normalized spacial score (nSPS) is 10.8. The van der Waals surface area contributed by atoms with Crippen molar-refractivity contribution in [2.24, 2.45) is 0 Å². The number of halogens is 3. The highest BCUT2D eigenvalue weighted by molar-refractivity contribution is 7.98. The van der Waals surface area contributed by atoms with Crippen LogP contribution in [0.15, 0.2) is 41.9 Å². The van der Waals surface area contributed by atoms with Gasteiger partial charge in [-0.05, 0) is 24.5 Å². The maximum Gasteiger partial charge on any atom is 0.187 e. The van der Waals surface area contributed by atoms with E-state index in [4.69, 9.17) is 11.6 Å². The molecule has 8 heteroatoms. The van der Waals surface area contributed by atoms with E-state index in [0.717, 1.165) is 12.1 Å². The largest absolute Gasteiger partial charge is 0.239 e. The molecule has 24 heavy (non-hydrogen) atoms. The SMILES string of the molecule is CSc1ncc(Cc2ncc(Cl)cn2)c(-c2ccc(F)c(F)c2)n1. The van der Waals surface area contributed by atoms with Crippen molar-refractivity contribution in [2.45, 2.75) is 11.6 Å². The molecule has 0 fully saturated rings. The third-order valence-electron chi connectivity index (χ3n) is 3.24. The molecule has 0 N–H and O–H groups in total. The predicted molar refractivity (Wildman–Crippen MR) is 89.0 cm³/mol. The minimum atomic E-state index is -0.925. The van der Waals surface area contributed by atoms with Crippen LogP contribution in [-0.2, 0) is 6.42 Å². The zero-order valence-electron chi connectivity index (χ0n) is 12.5. The molecule has 0 amide bonds. The summed E-state index contributed by atoms with van der Waals surface area (Å²) in [5.41, 5.74) is 1.70. The van der Waals surface area contributed by atoms with Gasteiger partial charge in [0.2, 0.25) is 0 Å². The van der Waals surface area contributed by atoms with E-state index < -0.39 is 11.6 Å². The average molecular weight is 365 g/mol. The van der Waals surface area contributed by atoms with Crippen molar-refractivity contribution >= 4 is 23.4 Å². The molecular weight excluding hydrogens is 354 g/mol. The van der Waals surface area contributed by atoms with Gasteiger partial charge in [0.25, 0.3) is 0 Å². The van der Waals surface area contributed by atoms with Crippen LogP contribution in [0.1, 0.15) is 11.4 Å². The standard InChI is InChI=1S/C16H11ClF2N4S/c1-24-16-22-6-10(5-14-20-7-11(17)8-21-14)15(23-16)9-2-3-12(18)13(19)4-9/h2-4,6-8H,5H2,1H3. The minimum absolute atomic E-state index is 0.347. The molecule has 0 unspecified atom stereocenters. The number of hydrogen-bond donors (Lipinski definition) is 0. The van der Waals surface area contributed by atoms with Gasteiger partial charge in [-0.1, -0.05) is 23.4 Å². The van der Waals surface area contributed by atoms with Crippen molar-refractivity contribution in [1.29, 1.82) is 0 Å². The number of hydrogen-bond acceptors (Lipinski definition) is 5. The molecule has 0 saturated heterocycles. The monoisotopic (exact) mass is 364 g/mol. The van der Waals surface area contributed by atoms with Gasteiger partial charge in [-0.2, -0.15) is 0 Å². The van der Waals surface area contributed by atoms with Crippen molar-refractivity contribution in [3.05, 3.63) is 64.8 Å². The van der Waals surface area contributed by atoms with Crippen LogP contribution in [0.4, 0.5) is 8.78 Å². The first kappa shape index (κ1) is 16.7. The lowest BCUT2D eigenvalue weighted by molar-refractivity contribution is 0.509. The van der Waals surface area contributed by atoms with Crippen LogP contribution in [0.2, 0.25) is 5.02 Å². The predicted octanol–water partition coefficient (Wildman–Crippen LogP) is 4.18. The minimum Gasteiger partial charge on any atom is -0.239 e. The lowest BCUT2D eigenvalue weighted by Crippen LogP contribution is -2.02. The fourth-order valence-electron chi connectivity index (χ4n) is 2.11. The first-order valence-electron chi connectivity index (χ1n) is 6.88. The molecule has 2 aromatic heterocycles. The summed E-state index contributed by atoms with van der Waals surface area (Å²) >= 11 is 7.15. The lowest BCUT2D eigenvalue weighted by Gasteiger charge is -2.10. The van der Waals surface area contributed by atoms with E-state index in [-0.39, 0.29) is 0 Å². The Labute approximate surface area is 146 Å². The van der Waals surface area contributed by atoms with Crippen LogP contribution < -0.4 is 0 Å². The highest BCUT2D eigenvalue weighted by Gasteiger charge is 2.13. The van der Waals surface area contributed by atoms with Crippen LogP contribution in [-0.4, -0.2) is 26.2 Å². The molecule has 0 aliphatic heterocycles. The molecule has 0 spiro atoms. The summed E-state index contributed by atoms with van der Waals surface area (Å²) in [7, 11) is 0. The quantitative estimate of drug-likeness (QED) is 0.513. The zero-order chi connectivity index (χ0) is 17.1. The number of benzene rings is 1. The van der Waals surface area contributed by atoms with Crippen LogP contribution in [0.5, 0.6) is 0 Å². The van der Waals surface area contributed by atoms with Gasteiger partial charge < -0.3 is 0 Å². The zero-order valence-corrected chi connectivity index (χ0v) is 14.1. The second-order valence-electron chi connectivity index (χ2n) is 4.85.